The Balaban J connectivity index is 1.73. The lowest BCUT2D eigenvalue weighted by Gasteiger charge is -2.15. The highest BCUT2D eigenvalue weighted by Gasteiger charge is 2.22. The second-order valence-electron chi connectivity index (χ2n) is 7.96. The summed E-state index contributed by atoms with van der Waals surface area (Å²) in [5, 5.41) is 11.6. The highest BCUT2D eigenvalue weighted by Crippen LogP contribution is 2.38. The Hall–Kier alpha value is -4.12. The highest BCUT2D eigenvalue weighted by atomic mass is 16.5. The van der Waals surface area contributed by atoms with Crippen LogP contribution >= 0.6 is 0 Å². The summed E-state index contributed by atoms with van der Waals surface area (Å²) in [5.74, 6) is 0.192. The van der Waals surface area contributed by atoms with Crippen LogP contribution in [0.3, 0.4) is 0 Å². The van der Waals surface area contributed by atoms with E-state index in [1.165, 1.54) is 0 Å². The summed E-state index contributed by atoms with van der Waals surface area (Å²) in [6.45, 7) is 4.25. The van der Waals surface area contributed by atoms with E-state index >= 15 is 0 Å². The van der Waals surface area contributed by atoms with Gasteiger partial charge in [-0.3, -0.25) is 0 Å². The molecule has 0 bridgehead atoms. The number of hydrogen-bond acceptors (Lipinski definition) is 4. The lowest BCUT2D eigenvalue weighted by molar-refractivity contribution is 0.0698. The average molecular weight is 437 g/mol. The molecule has 164 valence electrons. The van der Waals surface area contributed by atoms with Crippen molar-refractivity contribution in [3.8, 4) is 17.0 Å². The first-order valence-corrected chi connectivity index (χ1v) is 10.9. The van der Waals surface area contributed by atoms with Gasteiger partial charge >= 0.3 is 5.97 Å². The van der Waals surface area contributed by atoms with Crippen molar-refractivity contribution in [3.63, 3.8) is 0 Å². The third-order valence-corrected chi connectivity index (χ3v) is 5.88. The number of para-hydroxylation sites is 1. The molecule has 0 saturated heterocycles. The van der Waals surface area contributed by atoms with Crippen LogP contribution in [0.4, 0.5) is 0 Å². The molecule has 0 unspecified atom stereocenters. The molecule has 0 atom stereocenters. The van der Waals surface area contributed by atoms with Gasteiger partial charge < -0.3 is 14.3 Å². The van der Waals surface area contributed by atoms with E-state index in [0.717, 1.165) is 34.1 Å². The molecule has 2 aromatic heterocycles. The van der Waals surface area contributed by atoms with E-state index in [-0.39, 0.29) is 5.56 Å². The topological polar surface area (TPSA) is 72.6 Å². The Morgan fingerprint density at radius 2 is 1.79 bits per heavy atom. The number of rotatable bonds is 6. The summed E-state index contributed by atoms with van der Waals surface area (Å²) >= 11 is 0. The lowest BCUT2D eigenvalue weighted by Crippen LogP contribution is -2.05. The van der Waals surface area contributed by atoms with Gasteiger partial charge in [0.05, 0.1) is 22.2 Å². The zero-order valence-corrected chi connectivity index (χ0v) is 18.5. The van der Waals surface area contributed by atoms with Crippen LogP contribution in [0.2, 0.25) is 0 Å². The van der Waals surface area contributed by atoms with Crippen LogP contribution in [0.5, 0.6) is 5.75 Å². The summed E-state index contributed by atoms with van der Waals surface area (Å²) in [5.41, 5.74) is 4.92. The molecular weight excluding hydrogens is 414 g/mol. The van der Waals surface area contributed by atoms with E-state index in [1.807, 2.05) is 80.6 Å². The minimum atomic E-state index is -1.02. The molecule has 0 spiro atoms. The number of nitrogens with zero attached hydrogens (tertiary/aromatic N) is 1. The molecule has 0 amide bonds. The number of aromatic carboxylic acids is 1. The van der Waals surface area contributed by atoms with Gasteiger partial charge in [0.15, 0.2) is 0 Å². The predicted octanol–water partition coefficient (Wildman–Crippen LogP) is 6.80. The second-order valence-corrected chi connectivity index (χ2v) is 7.96. The van der Waals surface area contributed by atoms with Crippen molar-refractivity contribution < 1.29 is 19.1 Å². The molecule has 0 saturated carbocycles. The Morgan fingerprint density at radius 1 is 1.03 bits per heavy atom. The lowest BCUT2D eigenvalue weighted by atomic mass is 9.98. The number of benzene rings is 3. The quantitative estimate of drug-likeness (QED) is 0.316. The molecule has 0 aliphatic rings. The summed E-state index contributed by atoms with van der Waals surface area (Å²) < 4.78 is 12.0. The molecule has 0 fully saturated rings. The van der Waals surface area contributed by atoms with E-state index in [1.54, 1.807) is 6.07 Å². The first-order valence-electron chi connectivity index (χ1n) is 10.9. The molecule has 0 radical (unpaired) electrons. The fourth-order valence-corrected chi connectivity index (χ4v) is 4.29. The van der Waals surface area contributed by atoms with E-state index in [4.69, 9.17) is 14.1 Å². The maximum Gasteiger partial charge on any atom is 0.336 e. The Bertz CT molecular complexity index is 1480. The van der Waals surface area contributed by atoms with Crippen molar-refractivity contribution in [1.29, 1.82) is 0 Å². The minimum Gasteiger partial charge on any atom is -0.488 e. The maximum atomic E-state index is 12.4. The van der Waals surface area contributed by atoms with Crippen molar-refractivity contribution in [1.82, 2.24) is 4.98 Å². The summed E-state index contributed by atoms with van der Waals surface area (Å²) in [7, 11) is 0. The van der Waals surface area contributed by atoms with Crippen LogP contribution in [-0.4, -0.2) is 16.1 Å². The molecule has 5 aromatic rings. The predicted molar refractivity (Wildman–Crippen MR) is 129 cm³/mol. The second kappa shape index (κ2) is 8.43. The van der Waals surface area contributed by atoms with Gasteiger partial charge in [-0.05, 0) is 42.7 Å². The van der Waals surface area contributed by atoms with Crippen LogP contribution in [-0.2, 0) is 13.0 Å². The first kappa shape index (κ1) is 20.8. The van der Waals surface area contributed by atoms with E-state index in [0.29, 0.717) is 34.7 Å². The molecule has 3 aromatic carbocycles. The van der Waals surface area contributed by atoms with Gasteiger partial charge in [-0.1, -0.05) is 61.5 Å². The van der Waals surface area contributed by atoms with Gasteiger partial charge in [-0.25, -0.2) is 9.78 Å². The molecule has 5 nitrogen and oxygen atoms in total. The molecular formula is C28H23NO4. The minimum absolute atomic E-state index is 0.165. The van der Waals surface area contributed by atoms with Gasteiger partial charge in [-0.2, -0.15) is 0 Å². The third-order valence-electron chi connectivity index (χ3n) is 5.88. The molecule has 0 aliphatic carbocycles. The number of aryl methyl sites for hydroxylation is 2. The number of carboxylic acids is 1. The van der Waals surface area contributed by atoms with Crippen LogP contribution in [0.25, 0.3) is 33.1 Å². The number of carbonyl (C=O) groups is 1. The standard InChI is InChI=1S/C28H23NO4/c1-3-19-13-14-24(32-16-18-9-5-4-6-10-18)26-21(28(30)31)15-22(29-27(19)26)25-17(2)33-23-12-8-7-11-20(23)25/h4-15H,3,16H2,1-2H3,(H,30,31). The van der Waals surface area contributed by atoms with Gasteiger partial charge in [0.2, 0.25) is 0 Å². The van der Waals surface area contributed by atoms with Crippen molar-refractivity contribution in [2.45, 2.75) is 26.9 Å². The fraction of sp³-hybridized carbons (Fsp3) is 0.143. The van der Waals surface area contributed by atoms with Crippen molar-refractivity contribution >= 4 is 27.8 Å². The number of ether oxygens (including phenoxy) is 1. The van der Waals surface area contributed by atoms with Gasteiger partial charge in [-0.15, -0.1) is 0 Å². The zero-order chi connectivity index (χ0) is 22.9. The summed E-state index contributed by atoms with van der Waals surface area (Å²) in [6, 6.07) is 23.0. The average Bonchev–Trinajstić information content (AvgIpc) is 3.18. The fourth-order valence-electron chi connectivity index (χ4n) is 4.29. The zero-order valence-electron chi connectivity index (χ0n) is 18.5. The monoisotopic (exact) mass is 437 g/mol. The maximum absolute atomic E-state index is 12.4. The summed E-state index contributed by atoms with van der Waals surface area (Å²) in [4.78, 5) is 17.4. The normalized spacial score (nSPS) is 11.2. The Labute approximate surface area is 191 Å². The van der Waals surface area contributed by atoms with Crippen LogP contribution in [0.1, 0.15) is 34.2 Å². The number of carboxylic acid groups (broad SMARTS) is 1. The highest BCUT2D eigenvalue weighted by molar-refractivity contribution is 6.08. The molecule has 33 heavy (non-hydrogen) atoms. The number of aromatic nitrogens is 1. The Morgan fingerprint density at radius 3 is 2.55 bits per heavy atom. The largest absolute Gasteiger partial charge is 0.488 e. The molecule has 5 heteroatoms. The van der Waals surface area contributed by atoms with Gasteiger partial charge in [0, 0.05) is 10.9 Å². The van der Waals surface area contributed by atoms with E-state index in [9.17, 15) is 9.90 Å². The van der Waals surface area contributed by atoms with E-state index < -0.39 is 5.97 Å². The van der Waals surface area contributed by atoms with Crippen molar-refractivity contribution in [2.75, 3.05) is 0 Å². The SMILES string of the molecule is CCc1ccc(OCc2ccccc2)c2c(C(=O)O)cc(-c3c(C)oc4ccccc34)nc12. The Kier molecular flexibility index (Phi) is 5.31. The third kappa shape index (κ3) is 3.72. The van der Waals surface area contributed by atoms with Crippen molar-refractivity contribution in [2.24, 2.45) is 0 Å². The number of hydrogen-bond donors (Lipinski definition) is 1. The smallest absolute Gasteiger partial charge is 0.336 e. The van der Waals surface area contributed by atoms with E-state index in [2.05, 4.69) is 0 Å². The van der Waals surface area contributed by atoms with Gasteiger partial charge in [0.1, 0.15) is 23.7 Å². The van der Waals surface area contributed by atoms with Crippen LogP contribution in [0, 0.1) is 6.92 Å². The van der Waals surface area contributed by atoms with Gasteiger partial charge in [0.25, 0.3) is 0 Å². The number of furan rings is 1. The molecule has 2 heterocycles. The first-order chi connectivity index (χ1) is 16.1. The number of fused-ring (bicyclic) bond motifs is 2. The van der Waals surface area contributed by atoms with Crippen LogP contribution < -0.4 is 4.74 Å². The molecule has 0 aliphatic heterocycles. The van der Waals surface area contributed by atoms with Crippen LogP contribution in [0.15, 0.2) is 77.2 Å². The molecule has 5 rings (SSSR count). The number of pyridine rings is 1. The van der Waals surface area contributed by atoms with Crippen molar-refractivity contribution in [3.05, 3.63) is 95.2 Å². The summed E-state index contributed by atoms with van der Waals surface area (Å²) in [6.07, 6.45) is 0.718. The molecule has 1 N–H and O–H groups in total.